The van der Waals surface area contributed by atoms with E-state index in [2.05, 4.69) is 33.7 Å². The number of rotatable bonds is 3. The summed E-state index contributed by atoms with van der Waals surface area (Å²) in [5.41, 5.74) is 10.6. The van der Waals surface area contributed by atoms with E-state index in [0.717, 1.165) is 24.2 Å². The number of hydrogen-bond donors (Lipinski definition) is 2. The molecule has 0 spiro atoms. The second kappa shape index (κ2) is 7.44. The van der Waals surface area contributed by atoms with Crippen molar-refractivity contribution in [3.8, 4) is 0 Å². The van der Waals surface area contributed by atoms with Gasteiger partial charge in [-0.15, -0.1) is 24.0 Å². The summed E-state index contributed by atoms with van der Waals surface area (Å²) in [5.74, 6) is 0.409. The van der Waals surface area contributed by atoms with E-state index in [1.165, 1.54) is 30.2 Å². The lowest BCUT2D eigenvalue weighted by Crippen LogP contribution is -2.24. The molecule has 0 atom stereocenters. The van der Waals surface area contributed by atoms with Crippen LogP contribution in [0.1, 0.15) is 29.7 Å². The van der Waals surface area contributed by atoms with E-state index in [0.29, 0.717) is 12.5 Å². The van der Waals surface area contributed by atoms with Gasteiger partial charge < -0.3 is 15.6 Å². The molecule has 0 bridgehead atoms. The summed E-state index contributed by atoms with van der Waals surface area (Å²) in [6.45, 7) is 0.421. The Bertz CT molecular complexity index is 610. The second-order valence-corrected chi connectivity index (χ2v) is 4.97. The molecule has 3 N–H and O–H groups in total. The molecular weight excluding hydrogens is 379 g/mol. The standard InChI is InChI=1S/C15H18N4O.HI/c16-15(17-10-12-8-9-20-19-12)18-14-7-3-5-11-4-1-2-6-13(11)14;/h3,5,7-9H,1-2,4,6,10H2,(H3,16,17,18);1H. The molecule has 6 heteroatoms. The third-order valence-corrected chi connectivity index (χ3v) is 3.56. The van der Waals surface area contributed by atoms with Gasteiger partial charge in [0, 0.05) is 11.8 Å². The predicted octanol–water partition coefficient (Wildman–Crippen LogP) is 3.10. The maximum Gasteiger partial charge on any atom is 0.193 e. The molecule has 0 radical (unpaired) electrons. The maximum atomic E-state index is 5.94. The number of aliphatic imine (C=N–C) groups is 1. The average molecular weight is 398 g/mol. The Labute approximate surface area is 141 Å². The molecule has 5 nitrogen and oxygen atoms in total. The molecule has 0 saturated heterocycles. The number of guanidine groups is 1. The normalized spacial score (nSPS) is 14.2. The summed E-state index contributed by atoms with van der Waals surface area (Å²) in [6, 6.07) is 8.10. The van der Waals surface area contributed by atoms with Crippen molar-refractivity contribution in [3.05, 3.63) is 47.3 Å². The van der Waals surface area contributed by atoms with Crippen LogP contribution in [0.4, 0.5) is 5.69 Å². The first-order valence-electron chi connectivity index (χ1n) is 6.90. The number of aryl methyl sites for hydroxylation is 1. The molecule has 21 heavy (non-hydrogen) atoms. The van der Waals surface area contributed by atoms with Gasteiger partial charge in [-0.2, -0.15) is 0 Å². The van der Waals surface area contributed by atoms with Gasteiger partial charge in [0.2, 0.25) is 0 Å². The van der Waals surface area contributed by atoms with Gasteiger partial charge in [0.25, 0.3) is 0 Å². The highest BCUT2D eigenvalue weighted by atomic mass is 127. The Morgan fingerprint density at radius 2 is 2.14 bits per heavy atom. The SMILES string of the molecule is I.NC(=NCc1ccon1)Nc1cccc2c1CCCC2. The lowest BCUT2D eigenvalue weighted by molar-refractivity contribution is 0.412. The number of halogens is 1. The molecule has 0 unspecified atom stereocenters. The van der Waals surface area contributed by atoms with Crippen LogP contribution in [-0.2, 0) is 19.4 Å². The zero-order valence-electron chi connectivity index (χ0n) is 11.7. The first-order chi connectivity index (χ1) is 9.83. The highest BCUT2D eigenvalue weighted by Crippen LogP contribution is 2.27. The van der Waals surface area contributed by atoms with Crippen LogP contribution in [0.3, 0.4) is 0 Å². The van der Waals surface area contributed by atoms with Crippen molar-refractivity contribution in [1.82, 2.24) is 5.16 Å². The van der Waals surface area contributed by atoms with Crippen LogP contribution in [0.5, 0.6) is 0 Å². The van der Waals surface area contributed by atoms with Crippen molar-refractivity contribution in [2.75, 3.05) is 5.32 Å². The molecule has 0 saturated carbocycles. The van der Waals surface area contributed by atoms with Crippen molar-refractivity contribution >= 4 is 35.6 Å². The average Bonchev–Trinajstić information content (AvgIpc) is 2.99. The van der Waals surface area contributed by atoms with Crippen molar-refractivity contribution in [2.45, 2.75) is 32.2 Å². The second-order valence-electron chi connectivity index (χ2n) is 4.97. The highest BCUT2D eigenvalue weighted by molar-refractivity contribution is 14.0. The Balaban J connectivity index is 0.00000161. The molecular formula is C15H19IN4O. The van der Waals surface area contributed by atoms with Crippen molar-refractivity contribution in [2.24, 2.45) is 10.7 Å². The number of nitrogens with one attached hydrogen (secondary N) is 1. The van der Waals surface area contributed by atoms with Gasteiger partial charge in [-0.05, 0) is 42.9 Å². The molecule has 3 rings (SSSR count). The van der Waals surface area contributed by atoms with Crippen molar-refractivity contribution in [1.29, 1.82) is 0 Å². The first kappa shape index (κ1) is 15.8. The Morgan fingerprint density at radius 3 is 2.95 bits per heavy atom. The zero-order valence-corrected chi connectivity index (χ0v) is 14.0. The molecule has 1 aromatic heterocycles. The van der Waals surface area contributed by atoms with Gasteiger partial charge >= 0.3 is 0 Å². The minimum Gasteiger partial charge on any atom is -0.370 e. The molecule has 1 aromatic carbocycles. The predicted molar refractivity (Wildman–Crippen MR) is 94.0 cm³/mol. The van der Waals surface area contributed by atoms with Gasteiger partial charge in [-0.25, -0.2) is 4.99 Å². The Kier molecular flexibility index (Phi) is 5.60. The van der Waals surface area contributed by atoms with E-state index in [4.69, 9.17) is 10.3 Å². The van der Waals surface area contributed by atoms with Crippen LogP contribution in [0.2, 0.25) is 0 Å². The maximum absolute atomic E-state index is 5.94. The highest BCUT2D eigenvalue weighted by Gasteiger charge is 2.13. The smallest absolute Gasteiger partial charge is 0.193 e. The number of anilines is 1. The van der Waals surface area contributed by atoms with Crippen LogP contribution in [0.25, 0.3) is 0 Å². The van der Waals surface area contributed by atoms with Crippen LogP contribution in [-0.4, -0.2) is 11.1 Å². The molecule has 0 fully saturated rings. The van der Waals surface area contributed by atoms with Crippen LogP contribution >= 0.6 is 24.0 Å². The third kappa shape index (κ3) is 3.96. The summed E-state index contributed by atoms with van der Waals surface area (Å²) < 4.78 is 4.76. The van der Waals surface area contributed by atoms with E-state index in [-0.39, 0.29) is 24.0 Å². The van der Waals surface area contributed by atoms with Gasteiger partial charge in [-0.3, -0.25) is 0 Å². The fourth-order valence-corrected chi connectivity index (χ4v) is 2.56. The molecule has 1 aliphatic carbocycles. The zero-order chi connectivity index (χ0) is 13.8. The lowest BCUT2D eigenvalue weighted by Gasteiger charge is -2.19. The number of nitrogens with zero attached hydrogens (tertiary/aromatic N) is 2. The van der Waals surface area contributed by atoms with Crippen molar-refractivity contribution in [3.63, 3.8) is 0 Å². The number of aromatic nitrogens is 1. The molecule has 0 amide bonds. The molecule has 2 aromatic rings. The molecule has 1 aliphatic rings. The monoisotopic (exact) mass is 398 g/mol. The fraction of sp³-hybridized carbons (Fsp3) is 0.333. The van der Waals surface area contributed by atoms with E-state index in [1.807, 2.05) is 0 Å². The minimum absolute atomic E-state index is 0. The van der Waals surface area contributed by atoms with Gasteiger partial charge in [-0.1, -0.05) is 17.3 Å². The van der Waals surface area contributed by atoms with E-state index in [9.17, 15) is 0 Å². The largest absolute Gasteiger partial charge is 0.370 e. The number of fused-ring (bicyclic) bond motifs is 1. The van der Waals surface area contributed by atoms with Gasteiger partial charge in [0.15, 0.2) is 5.96 Å². The first-order valence-corrected chi connectivity index (χ1v) is 6.90. The Morgan fingerprint density at radius 1 is 1.29 bits per heavy atom. The van der Waals surface area contributed by atoms with Gasteiger partial charge in [0.05, 0.1) is 6.54 Å². The topological polar surface area (TPSA) is 76.4 Å². The summed E-state index contributed by atoms with van der Waals surface area (Å²) in [5, 5.41) is 7.00. The minimum atomic E-state index is 0. The molecule has 112 valence electrons. The van der Waals surface area contributed by atoms with Gasteiger partial charge in [0.1, 0.15) is 12.0 Å². The van der Waals surface area contributed by atoms with Crippen LogP contribution < -0.4 is 11.1 Å². The van der Waals surface area contributed by atoms with E-state index < -0.39 is 0 Å². The number of benzene rings is 1. The van der Waals surface area contributed by atoms with Crippen LogP contribution in [0, 0.1) is 0 Å². The lowest BCUT2D eigenvalue weighted by atomic mass is 9.90. The fourth-order valence-electron chi connectivity index (χ4n) is 2.56. The molecule has 1 heterocycles. The van der Waals surface area contributed by atoms with Crippen LogP contribution in [0.15, 0.2) is 40.0 Å². The van der Waals surface area contributed by atoms with E-state index >= 15 is 0 Å². The quantitative estimate of drug-likeness (QED) is 0.473. The summed E-state index contributed by atoms with van der Waals surface area (Å²) in [4.78, 5) is 4.27. The summed E-state index contributed by atoms with van der Waals surface area (Å²) >= 11 is 0. The Hall–Kier alpha value is -1.57. The van der Waals surface area contributed by atoms with Crippen molar-refractivity contribution < 1.29 is 4.52 Å². The molecule has 0 aliphatic heterocycles. The number of nitrogens with two attached hydrogens (primary N) is 1. The summed E-state index contributed by atoms with van der Waals surface area (Å²) in [6.07, 6.45) is 6.30. The summed E-state index contributed by atoms with van der Waals surface area (Å²) in [7, 11) is 0. The third-order valence-electron chi connectivity index (χ3n) is 3.56. The van der Waals surface area contributed by atoms with E-state index in [1.54, 1.807) is 6.07 Å². The number of hydrogen-bond acceptors (Lipinski definition) is 3.